The minimum atomic E-state index is -1.57. The van der Waals surface area contributed by atoms with Crippen LogP contribution in [-0.4, -0.2) is 5.88 Å². The molecule has 0 aromatic rings. The van der Waals surface area contributed by atoms with Gasteiger partial charge < -0.3 is 0 Å². The SMILES string of the molecule is FC(F)=CCCCCCCCl. The Morgan fingerprint density at radius 3 is 2.27 bits per heavy atom. The maximum Gasteiger partial charge on any atom is 0.266 e. The highest BCUT2D eigenvalue weighted by molar-refractivity contribution is 6.17. The van der Waals surface area contributed by atoms with Crippen LogP contribution in [0.15, 0.2) is 12.2 Å². The first-order valence-corrected chi connectivity index (χ1v) is 4.38. The third-order valence-corrected chi connectivity index (χ3v) is 1.65. The Morgan fingerprint density at radius 1 is 1.09 bits per heavy atom. The van der Waals surface area contributed by atoms with E-state index in [4.69, 9.17) is 11.6 Å². The van der Waals surface area contributed by atoms with Gasteiger partial charge >= 0.3 is 0 Å². The van der Waals surface area contributed by atoms with Crippen molar-refractivity contribution in [3.63, 3.8) is 0 Å². The van der Waals surface area contributed by atoms with Gasteiger partial charge in [0.25, 0.3) is 6.08 Å². The maximum absolute atomic E-state index is 11.5. The summed E-state index contributed by atoms with van der Waals surface area (Å²) in [4.78, 5) is 0. The molecule has 0 atom stereocenters. The summed E-state index contributed by atoms with van der Waals surface area (Å²) in [5, 5.41) is 0. The molecule has 0 saturated heterocycles. The van der Waals surface area contributed by atoms with Crippen LogP contribution in [0.2, 0.25) is 0 Å². The van der Waals surface area contributed by atoms with Crippen LogP contribution in [0.25, 0.3) is 0 Å². The molecule has 0 heterocycles. The van der Waals surface area contributed by atoms with Gasteiger partial charge in [0, 0.05) is 5.88 Å². The second kappa shape index (κ2) is 7.99. The lowest BCUT2D eigenvalue weighted by atomic mass is 10.1. The Morgan fingerprint density at radius 2 is 1.73 bits per heavy atom. The van der Waals surface area contributed by atoms with Crippen LogP contribution in [0.4, 0.5) is 8.78 Å². The first-order valence-electron chi connectivity index (χ1n) is 3.84. The van der Waals surface area contributed by atoms with Gasteiger partial charge in [-0.05, 0) is 25.3 Å². The van der Waals surface area contributed by atoms with Crippen molar-refractivity contribution in [2.75, 3.05) is 5.88 Å². The van der Waals surface area contributed by atoms with E-state index < -0.39 is 6.08 Å². The molecule has 0 N–H and O–H groups in total. The lowest BCUT2D eigenvalue weighted by Crippen LogP contribution is -1.78. The maximum atomic E-state index is 11.5. The number of allylic oxidation sites excluding steroid dienone is 1. The Hall–Kier alpha value is -0.110. The molecule has 0 aromatic carbocycles. The van der Waals surface area contributed by atoms with E-state index in [-0.39, 0.29) is 0 Å². The van der Waals surface area contributed by atoms with Gasteiger partial charge in [-0.15, -0.1) is 11.6 Å². The molecule has 0 spiro atoms. The van der Waals surface area contributed by atoms with Crippen LogP contribution in [0.3, 0.4) is 0 Å². The lowest BCUT2D eigenvalue weighted by molar-refractivity contribution is 0.416. The summed E-state index contributed by atoms with van der Waals surface area (Å²) in [5.74, 6) is 0.674. The number of hydrogen-bond donors (Lipinski definition) is 0. The first-order chi connectivity index (χ1) is 5.27. The van der Waals surface area contributed by atoms with Gasteiger partial charge in [-0.2, -0.15) is 8.78 Å². The molecule has 0 saturated carbocycles. The zero-order valence-corrected chi connectivity index (χ0v) is 7.21. The molecule has 0 unspecified atom stereocenters. The van der Waals surface area contributed by atoms with Gasteiger partial charge in [-0.25, -0.2) is 0 Å². The molecule has 3 heteroatoms. The summed E-state index contributed by atoms with van der Waals surface area (Å²) in [6.45, 7) is 0. The van der Waals surface area contributed by atoms with Crippen molar-refractivity contribution >= 4 is 11.6 Å². The number of alkyl halides is 1. The summed E-state index contributed by atoms with van der Waals surface area (Å²) in [7, 11) is 0. The highest BCUT2D eigenvalue weighted by atomic mass is 35.5. The topological polar surface area (TPSA) is 0 Å². The Kier molecular flexibility index (Phi) is 7.91. The standard InChI is InChI=1S/C8H13ClF2/c9-7-5-3-1-2-4-6-8(10)11/h6H,1-5,7H2. The van der Waals surface area contributed by atoms with E-state index >= 15 is 0 Å². The van der Waals surface area contributed by atoms with E-state index in [1.807, 2.05) is 0 Å². The van der Waals surface area contributed by atoms with Crippen LogP contribution in [0.1, 0.15) is 32.1 Å². The molecule has 0 rings (SSSR count). The minimum Gasteiger partial charge on any atom is -0.174 e. The van der Waals surface area contributed by atoms with Gasteiger partial charge in [0.15, 0.2) is 0 Å². The Bertz CT molecular complexity index is 109. The number of hydrogen-bond acceptors (Lipinski definition) is 0. The smallest absolute Gasteiger partial charge is 0.174 e. The van der Waals surface area contributed by atoms with E-state index in [0.717, 1.165) is 31.8 Å². The number of unbranched alkanes of at least 4 members (excludes halogenated alkanes) is 4. The quantitative estimate of drug-likeness (QED) is 0.431. The molecule has 0 aliphatic heterocycles. The van der Waals surface area contributed by atoms with Crippen molar-refractivity contribution in [2.24, 2.45) is 0 Å². The molecule has 0 aliphatic rings. The minimum absolute atomic E-state index is 0.491. The molecule has 0 fully saturated rings. The molecular weight excluding hydrogens is 170 g/mol. The van der Waals surface area contributed by atoms with Gasteiger partial charge in [0.1, 0.15) is 0 Å². The Labute approximate surface area is 71.2 Å². The number of halogens is 3. The van der Waals surface area contributed by atoms with Crippen LogP contribution < -0.4 is 0 Å². The molecular formula is C8H13ClF2. The third kappa shape index (κ3) is 9.89. The van der Waals surface area contributed by atoms with Crippen LogP contribution in [-0.2, 0) is 0 Å². The molecule has 0 nitrogen and oxygen atoms in total. The van der Waals surface area contributed by atoms with Crippen molar-refractivity contribution in [2.45, 2.75) is 32.1 Å². The molecule has 66 valence electrons. The van der Waals surface area contributed by atoms with E-state index in [0.29, 0.717) is 12.3 Å². The number of rotatable bonds is 6. The van der Waals surface area contributed by atoms with E-state index in [2.05, 4.69) is 0 Å². The van der Waals surface area contributed by atoms with Crippen LogP contribution in [0.5, 0.6) is 0 Å². The first kappa shape index (κ1) is 10.9. The van der Waals surface area contributed by atoms with Gasteiger partial charge in [0.05, 0.1) is 0 Å². The van der Waals surface area contributed by atoms with Gasteiger partial charge in [-0.3, -0.25) is 0 Å². The monoisotopic (exact) mass is 182 g/mol. The van der Waals surface area contributed by atoms with Gasteiger partial charge in [0.2, 0.25) is 0 Å². The van der Waals surface area contributed by atoms with E-state index in [9.17, 15) is 8.78 Å². The predicted octanol–water partition coefficient (Wildman–Crippen LogP) is 3.96. The predicted molar refractivity (Wildman–Crippen MR) is 44.1 cm³/mol. The summed E-state index contributed by atoms with van der Waals surface area (Å²) in [5.41, 5.74) is 0. The molecule has 0 aliphatic carbocycles. The van der Waals surface area contributed by atoms with E-state index in [1.54, 1.807) is 0 Å². The van der Waals surface area contributed by atoms with Crippen molar-refractivity contribution in [3.8, 4) is 0 Å². The second-order valence-corrected chi connectivity index (χ2v) is 2.76. The Balaban J connectivity index is 2.97. The van der Waals surface area contributed by atoms with Crippen molar-refractivity contribution in [1.82, 2.24) is 0 Å². The van der Waals surface area contributed by atoms with Gasteiger partial charge in [-0.1, -0.05) is 12.8 Å². The molecule has 0 bridgehead atoms. The third-order valence-electron chi connectivity index (χ3n) is 1.39. The highest BCUT2D eigenvalue weighted by Gasteiger charge is 1.89. The zero-order chi connectivity index (χ0) is 8.53. The summed E-state index contributed by atoms with van der Waals surface area (Å²) >= 11 is 5.43. The van der Waals surface area contributed by atoms with Crippen LogP contribution in [0, 0.1) is 0 Å². The molecule has 0 aromatic heterocycles. The average molecular weight is 183 g/mol. The normalized spacial score (nSPS) is 9.73. The summed E-state index contributed by atoms with van der Waals surface area (Å²) in [6.07, 6.45) is 3.77. The summed E-state index contributed by atoms with van der Waals surface area (Å²) < 4.78 is 22.9. The summed E-state index contributed by atoms with van der Waals surface area (Å²) in [6, 6.07) is 0. The molecule has 0 radical (unpaired) electrons. The highest BCUT2D eigenvalue weighted by Crippen LogP contribution is 2.07. The molecule has 11 heavy (non-hydrogen) atoms. The molecule has 0 amide bonds. The van der Waals surface area contributed by atoms with Crippen molar-refractivity contribution < 1.29 is 8.78 Å². The van der Waals surface area contributed by atoms with Crippen molar-refractivity contribution in [3.05, 3.63) is 12.2 Å². The van der Waals surface area contributed by atoms with Crippen LogP contribution >= 0.6 is 11.6 Å². The fourth-order valence-electron chi connectivity index (χ4n) is 0.804. The van der Waals surface area contributed by atoms with E-state index in [1.165, 1.54) is 0 Å². The van der Waals surface area contributed by atoms with Crippen molar-refractivity contribution in [1.29, 1.82) is 0 Å². The fraction of sp³-hybridized carbons (Fsp3) is 0.750. The lowest BCUT2D eigenvalue weighted by Gasteiger charge is -1.94. The second-order valence-electron chi connectivity index (χ2n) is 2.39. The fourth-order valence-corrected chi connectivity index (χ4v) is 0.993. The zero-order valence-electron chi connectivity index (χ0n) is 6.45. The largest absolute Gasteiger partial charge is 0.266 e. The average Bonchev–Trinajstić information content (AvgIpc) is 1.96.